The number of thiophene rings is 1. The van der Waals surface area contributed by atoms with Gasteiger partial charge in [0.25, 0.3) is 0 Å². The number of nitrogens with one attached hydrogen (secondary N) is 3. The topological polar surface area (TPSA) is 87.3 Å². The molecule has 0 aliphatic heterocycles. The lowest BCUT2D eigenvalue weighted by Crippen LogP contribution is -2.38. The Morgan fingerprint density at radius 1 is 1.41 bits per heavy atom. The molecule has 1 amide bonds. The Hall–Kier alpha value is -0.960. The Morgan fingerprint density at radius 3 is 2.76 bits per heavy atom. The van der Waals surface area contributed by atoms with Gasteiger partial charge in [-0.3, -0.25) is 4.79 Å². The summed E-state index contributed by atoms with van der Waals surface area (Å²) in [4.78, 5) is 11.0. The molecule has 0 aliphatic rings. The van der Waals surface area contributed by atoms with Gasteiger partial charge in [-0.2, -0.15) is 0 Å². The van der Waals surface area contributed by atoms with Crippen molar-refractivity contribution in [1.82, 2.24) is 15.4 Å². The van der Waals surface area contributed by atoms with Gasteiger partial charge >= 0.3 is 0 Å². The average molecular weight is 277 g/mol. The number of hydrogen-bond acceptors (Lipinski definition) is 5. The fraction of sp³-hybridized carbons (Fsp3) is 0.444. The molecule has 1 aromatic rings. The Morgan fingerprint density at radius 2 is 2.18 bits per heavy atom. The molecule has 0 saturated carbocycles. The maximum atomic E-state index is 11.6. The molecule has 1 rings (SSSR count). The van der Waals surface area contributed by atoms with Gasteiger partial charge in [-0.05, 0) is 18.5 Å². The second kappa shape index (κ2) is 6.70. The summed E-state index contributed by atoms with van der Waals surface area (Å²) in [6.07, 6.45) is 0. The number of carbonyl (C=O) groups is 1. The lowest BCUT2D eigenvalue weighted by Gasteiger charge is -2.06. The maximum Gasteiger partial charge on any atom is 0.250 e. The molecule has 0 spiro atoms. The van der Waals surface area contributed by atoms with Gasteiger partial charge in [0.2, 0.25) is 15.9 Å². The molecule has 0 saturated heterocycles. The van der Waals surface area contributed by atoms with E-state index in [2.05, 4.69) is 15.4 Å². The standard InChI is InChI=1S/C9H15N3O3S2/c1-10-7-8(13)11-4-5-12-17(14,15)9-3-2-6-16-9/h2-3,6,10,12H,4-5,7H2,1H3,(H,11,13). The molecule has 0 atom stereocenters. The smallest absolute Gasteiger partial charge is 0.250 e. The predicted molar refractivity (Wildman–Crippen MR) is 66.4 cm³/mol. The summed E-state index contributed by atoms with van der Waals surface area (Å²) >= 11 is 1.15. The van der Waals surface area contributed by atoms with Gasteiger partial charge in [0.15, 0.2) is 0 Å². The van der Waals surface area contributed by atoms with E-state index in [1.54, 1.807) is 18.5 Å². The zero-order valence-electron chi connectivity index (χ0n) is 9.39. The van der Waals surface area contributed by atoms with E-state index in [0.717, 1.165) is 11.3 Å². The molecule has 0 aliphatic carbocycles. The molecule has 96 valence electrons. The van der Waals surface area contributed by atoms with Crippen LogP contribution in [-0.4, -0.2) is 41.0 Å². The van der Waals surface area contributed by atoms with E-state index in [9.17, 15) is 13.2 Å². The van der Waals surface area contributed by atoms with Crippen LogP contribution in [0.1, 0.15) is 0 Å². The van der Waals surface area contributed by atoms with Gasteiger partial charge in [-0.1, -0.05) is 6.07 Å². The highest BCUT2D eigenvalue weighted by Crippen LogP contribution is 2.14. The summed E-state index contributed by atoms with van der Waals surface area (Å²) in [7, 11) is -1.76. The first kappa shape index (κ1) is 14.1. The molecule has 0 aromatic carbocycles. The van der Waals surface area contributed by atoms with E-state index >= 15 is 0 Å². The van der Waals surface area contributed by atoms with Crippen molar-refractivity contribution in [2.45, 2.75) is 4.21 Å². The van der Waals surface area contributed by atoms with Crippen molar-refractivity contribution in [3.05, 3.63) is 17.5 Å². The van der Waals surface area contributed by atoms with Gasteiger partial charge < -0.3 is 10.6 Å². The van der Waals surface area contributed by atoms with E-state index < -0.39 is 10.0 Å². The van der Waals surface area contributed by atoms with E-state index in [4.69, 9.17) is 0 Å². The van der Waals surface area contributed by atoms with E-state index in [-0.39, 0.29) is 29.8 Å². The Kier molecular flexibility index (Phi) is 5.56. The zero-order chi connectivity index (χ0) is 12.7. The van der Waals surface area contributed by atoms with E-state index in [1.165, 1.54) is 6.07 Å². The molecular formula is C9H15N3O3S2. The number of likely N-dealkylation sites (N-methyl/N-ethyl adjacent to an activating group) is 1. The van der Waals surface area contributed by atoms with Gasteiger partial charge in [-0.25, -0.2) is 13.1 Å². The largest absolute Gasteiger partial charge is 0.354 e. The Bertz CT molecular complexity index is 442. The van der Waals surface area contributed by atoms with Crippen LogP contribution >= 0.6 is 11.3 Å². The van der Waals surface area contributed by atoms with E-state index in [0.29, 0.717) is 0 Å². The van der Waals surface area contributed by atoms with Crippen LogP contribution in [0.15, 0.2) is 21.7 Å². The molecular weight excluding hydrogens is 262 g/mol. The van der Waals surface area contributed by atoms with E-state index in [1.807, 2.05) is 0 Å². The third-order valence-electron chi connectivity index (χ3n) is 1.84. The monoisotopic (exact) mass is 277 g/mol. The van der Waals surface area contributed by atoms with Crippen LogP contribution in [0.5, 0.6) is 0 Å². The summed E-state index contributed by atoms with van der Waals surface area (Å²) in [6, 6.07) is 3.21. The van der Waals surface area contributed by atoms with Gasteiger partial charge in [0, 0.05) is 13.1 Å². The summed E-state index contributed by atoms with van der Waals surface area (Å²) in [5.74, 6) is -0.164. The minimum atomic E-state index is -3.43. The van der Waals surface area contributed by atoms with Crippen LogP contribution in [0.25, 0.3) is 0 Å². The molecule has 0 fully saturated rings. The van der Waals surface area contributed by atoms with Crippen molar-refractivity contribution in [2.75, 3.05) is 26.7 Å². The molecule has 1 heterocycles. The predicted octanol–water partition coefficient (Wildman–Crippen LogP) is -0.638. The van der Waals surface area contributed by atoms with Crippen LogP contribution in [0.3, 0.4) is 0 Å². The Balaban J connectivity index is 2.30. The maximum absolute atomic E-state index is 11.6. The fourth-order valence-electron chi connectivity index (χ4n) is 1.10. The molecule has 6 nitrogen and oxygen atoms in total. The molecule has 1 aromatic heterocycles. The van der Waals surface area contributed by atoms with Crippen LogP contribution in [-0.2, 0) is 14.8 Å². The first-order valence-electron chi connectivity index (χ1n) is 5.01. The number of amides is 1. The molecule has 17 heavy (non-hydrogen) atoms. The number of rotatable bonds is 7. The summed E-state index contributed by atoms with van der Waals surface area (Å²) in [5, 5.41) is 6.97. The summed E-state index contributed by atoms with van der Waals surface area (Å²) < 4.78 is 26.0. The molecule has 3 N–H and O–H groups in total. The van der Waals surface area contributed by atoms with Crippen LogP contribution < -0.4 is 15.4 Å². The highest BCUT2D eigenvalue weighted by Gasteiger charge is 2.13. The van der Waals surface area contributed by atoms with Gasteiger partial charge in [0.1, 0.15) is 4.21 Å². The first-order chi connectivity index (χ1) is 8.06. The highest BCUT2D eigenvalue weighted by atomic mass is 32.2. The van der Waals surface area contributed by atoms with Crippen molar-refractivity contribution in [2.24, 2.45) is 0 Å². The van der Waals surface area contributed by atoms with Crippen molar-refractivity contribution in [3.8, 4) is 0 Å². The van der Waals surface area contributed by atoms with Crippen LogP contribution in [0.4, 0.5) is 0 Å². The minimum absolute atomic E-state index is 0.164. The average Bonchev–Trinajstić information content (AvgIpc) is 2.79. The lowest BCUT2D eigenvalue weighted by molar-refractivity contribution is -0.120. The van der Waals surface area contributed by atoms with Gasteiger partial charge in [0.05, 0.1) is 6.54 Å². The lowest BCUT2D eigenvalue weighted by atomic mass is 10.5. The fourth-order valence-corrected chi connectivity index (χ4v) is 3.17. The van der Waals surface area contributed by atoms with Crippen LogP contribution in [0.2, 0.25) is 0 Å². The zero-order valence-corrected chi connectivity index (χ0v) is 11.0. The van der Waals surface area contributed by atoms with Crippen molar-refractivity contribution >= 4 is 27.3 Å². The van der Waals surface area contributed by atoms with Crippen molar-refractivity contribution in [1.29, 1.82) is 0 Å². The van der Waals surface area contributed by atoms with Crippen molar-refractivity contribution in [3.63, 3.8) is 0 Å². The SMILES string of the molecule is CNCC(=O)NCCNS(=O)(=O)c1cccs1. The molecule has 0 bridgehead atoms. The summed E-state index contributed by atoms with van der Waals surface area (Å²) in [6.45, 7) is 0.665. The number of carbonyl (C=O) groups excluding carboxylic acids is 1. The number of hydrogen-bond donors (Lipinski definition) is 3. The van der Waals surface area contributed by atoms with Crippen LogP contribution in [0, 0.1) is 0 Å². The molecule has 8 heteroatoms. The Labute approximate surface area is 104 Å². The number of sulfonamides is 1. The first-order valence-corrected chi connectivity index (χ1v) is 7.37. The van der Waals surface area contributed by atoms with Gasteiger partial charge in [-0.15, -0.1) is 11.3 Å². The third kappa shape index (κ3) is 4.82. The molecule has 0 unspecified atom stereocenters. The highest BCUT2D eigenvalue weighted by molar-refractivity contribution is 7.91. The molecule has 0 radical (unpaired) electrons. The third-order valence-corrected chi connectivity index (χ3v) is 4.70. The summed E-state index contributed by atoms with van der Waals surface area (Å²) in [5.41, 5.74) is 0. The minimum Gasteiger partial charge on any atom is -0.354 e. The second-order valence-electron chi connectivity index (χ2n) is 3.21. The normalized spacial score (nSPS) is 11.4. The van der Waals surface area contributed by atoms with Crippen molar-refractivity contribution < 1.29 is 13.2 Å². The quantitative estimate of drug-likeness (QED) is 0.579. The second-order valence-corrected chi connectivity index (χ2v) is 6.15.